The highest BCUT2D eigenvalue weighted by Crippen LogP contribution is 2.19. The van der Waals surface area contributed by atoms with Crippen molar-refractivity contribution in [3.05, 3.63) is 53.9 Å². The Balaban J connectivity index is 1.79. The van der Waals surface area contributed by atoms with Crippen molar-refractivity contribution in [3.63, 3.8) is 0 Å². The van der Waals surface area contributed by atoms with Gasteiger partial charge >= 0.3 is 0 Å². The van der Waals surface area contributed by atoms with Crippen molar-refractivity contribution >= 4 is 5.91 Å². The smallest absolute Gasteiger partial charge is 0.256 e. The van der Waals surface area contributed by atoms with Gasteiger partial charge in [0.25, 0.3) is 5.91 Å². The highest BCUT2D eigenvalue weighted by molar-refractivity contribution is 5.98. The van der Waals surface area contributed by atoms with Crippen LogP contribution in [0.15, 0.2) is 42.7 Å². The van der Waals surface area contributed by atoms with E-state index in [4.69, 9.17) is 4.74 Å². The van der Waals surface area contributed by atoms with E-state index in [9.17, 15) is 9.90 Å². The molecule has 0 saturated carbocycles. The maximum Gasteiger partial charge on any atom is 0.256 e. The number of carbonyl (C=O) groups is 1. The molecule has 140 valence electrons. The van der Waals surface area contributed by atoms with Crippen LogP contribution < -0.4 is 0 Å². The molecule has 0 spiro atoms. The second kappa shape index (κ2) is 8.98. The third kappa shape index (κ3) is 4.52. The maximum atomic E-state index is 13.2. The van der Waals surface area contributed by atoms with E-state index in [1.807, 2.05) is 54.2 Å². The van der Waals surface area contributed by atoms with Crippen LogP contribution in [0.1, 0.15) is 15.9 Å². The Morgan fingerprint density at radius 3 is 2.62 bits per heavy atom. The van der Waals surface area contributed by atoms with Crippen LogP contribution in [0.3, 0.4) is 0 Å². The summed E-state index contributed by atoms with van der Waals surface area (Å²) in [5.41, 5.74) is 2.57. The summed E-state index contributed by atoms with van der Waals surface area (Å²) in [5, 5.41) is 9.44. The first-order valence-corrected chi connectivity index (χ1v) is 9.13. The molecule has 0 unspecified atom stereocenters. The van der Waals surface area contributed by atoms with E-state index in [0.29, 0.717) is 18.7 Å². The largest absolute Gasteiger partial charge is 0.395 e. The first kappa shape index (κ1) is 18.6. The lowest BCUT2D eigenvalue weighted by Crippen LogP contribution is -2.44. The molecule has 0 radical (unpaired) electrons. The molecule has 0 atom stereocenters. The molecule has 0 bridgehead atoms. The molecule has 3 rings (SSSR count). The number of hydrogen-bond acceptors (Lipinski definition) is 4. The highest BCUT2D eigenvalue weighted by atomic mass is 16.5. The quantitative estimate of drug-likeness (QED) is 0.817. The zero-order chi connectivity index (χ0) is 18.4. The van der Waals surface area contributed by atoms with Gasteiger partial charge in [-0.25, -0.2) is 0 Å². The molecule has 1 N–H and O–H groups in total. The van der Waals surface area contributed by atoms with Crippen LogP contribution >= 0.6 is 0 Å². The highest BCUT2D eigenvalue weighted by Gasteiger charge is 2.21. The number of aliphatic hydroxyl groups excluding tert-OH is 1. The SMILES string of the molecule is Cc1ccc(-n2cccc2)c(C(=O)N(CCO)CCN2CCOCC2)c1. The van der Waals surface area contributed by atoms with Gasteiger partial charge in [-0.15, -0.1) is 0 Å². The van der Waals surface area contributed by atoms with E-state index in [0.717, 1.165) is 44.1 Å². The van der Waals surface area contributed by atoms with E-state index in [1.54, 1.807) is 4.90 Å². The maximum absolute atomic E-state index is 13.2. The lowest BCUT2D eigenvalue weighted by molar-refractivity contribution is 0.0315. The number of ether oxygens (including phenoxy) is 1. The summed E-state index contributed by atoms with van der Waals surface area (Å²) in [6, 6.07) is 9.80. The Labute approximate surface area is 154 Å². The standard InChI is InChI=1S/C20H27N3O3/c1-17-4-5-19(22-6-2-3-7-22)18(16-17)20(25)23(10-13-24)9-8-21-11-14-26-15-12-21/h2-7,16,24H,8-15H2,1H3. The van der Waals surface area contributed by atoms with Crippen molar-refractivity contribution in [2.75, 3.05) is 52.5 Å². The Hall–Kier alpha value is -2.15. The van der Waals surface area contributed by atoms with Crippen LogP contribution in [0.2, 0.25) is 0 Å². The van der Waals surface area contributed by atoms with Crippen molar-refractivity contribution in [3.8, 4) is 5.69 Å². The summed E-state index contributed by atoms with van der Waals surface area (Å²) in [6.07, 6.45) is 3.87. The number of aliphatic hydroxyl groups is 1. The topological polar surface area (TPSA) is 57.9 Å². The predicted octanol–water partition coefficient (Wildman–Crippen LogP) is 1.55. The van der Waals surface area contributed by atoms with Gasteiger partial charge in [0.05, 0.1) is 31.1 Å². The summed E-state index contributed by atoms with van der Waals surface area (Å²) < 4.78 is 7.33. The number of aromatic nitrogens is 1. The Morgan fingerprint density at radius 1 is 1.19 bits per heavy atom. The van der Waals surface area contributed by atoms with E-state index in [-0.39, 0.29) is 12.5 Å². The van der Waals surface area contributed by atoms with Crippen molar-refractivity contribution < 1.29 is 14.6 Å². The number of morpholine rings is 1. The van der Waals surface area contributed by atoms with Crippen LogP contribution in [0.5, 0.6) is 0 Å². The molecule has 1 saturated heterocycles. The van der Waals surface area contributed by atoms with Gasteiger partial charge in [-0.2, -0.15) is 0 Å². The van der Waals surface area contributed by atoms with Crippen LogP contribution in [-0.2, 0) is 4.74 Å². The van der Waals surface area contributed by atoms with E-state index in [1.165, 1.54) is 0 Å². The molecule has 1 aromatic carbocycles. The van der Waals surface area contributed by atoms with E-state index in [2.05, 4.69) is 4.90 Å². The molecule has 6 heteroatoms. The molecule has 0 aliphatic carbocycles. The molecule has 2 heterocycles. The molecule has 26 heavy (non-hydrogen) atoms. The second-order valence-electron chi connectivity index (χ2n) is 6.58. The zero-order valence-corrected chi connectivity index (χ0v) is 15.3. The predicted molar refractivity (Wildman–Crippen MR) is 101 cm³/mol. The molecule has 1 amide bonds. The van der Waals surface area contributed by atoms with Gasteiger partial charge in [0.2, 0.25) is 0 Å². The fourth-order valence-electron chi connectivity index (χ4n) is 3.23. The fourth-order valence-corrected chi connectivity index (χ4v) is 3.23. The minimum Gasteiger partial charge on any atom is -0.395 e. The molecule has 1 aromatic heterocycles. The third-order valence-electron chi connectivity index (χ3n) is 4.71. The Kier molecular flexibility index (Phi) is 6.44. The summed E-state index contributed by atoms with van der Waals surface area (Å²) >= 11 is 0. The van der Waals surface area contributed by atoms with Crippen molar-refractivity contribution in [2.24, 2.45) is 0 Å². The van der Waals surface area contributed by atoms with E-state index >= 15 is 0 Å². The number of rotatable bonds is 7. The molecule has 1 aliphatic heterocycles. The van der Waals surface area contributed by atoms with Gasteiger partial charge in [-0.3, -0.25) is 9.69 Å². The first-order valence-electron chi connectivity index (χ1n) is 9.13. The molecular formula is C20H27N3O3. The molecule has 6 nitrogen and oxygen atoms in total. The Bertz CT molecular complexity index is 709. The van der Waals surface area contributed by atoms with E-state index < -0.39 is 0 Å². The average molecular weight is 357 g/mol. The van der Waals surface area contributed by atoms with Crippen molar-refractivity contribution in [1.82, 2.24) is 14.4 Å². The van der Waals surface area contributed by atoms with Crippen molar-refractivity contribution in [1.29, 1.82) is 0 Å². The fraction of sp³-hybridized carbons (Fsp3) is 0.450. The summed E-state index contributed by atoms with van der Waals surface area (Å²) in [6.45, 7) is 6.92. The van der Waals surface area contributed by atoms with Crippen LogP contribution in [0.4, 0.5) is 0 Å². The van der Waals surface area contributed by atoms with Crippen LogP contribution in [0.25, 0.3) is 5.69 Å². The molecule has 1 fully saturated rings. The minimum absolute atomic E-state index is 0.0419. The van der Waals surface area contributed by atoms with Gasteiger partial charge in [0.1, 0.15) is 0 Å². The molecule has 2 aromatic rings. The summed E-state index contributed by atoms with van der Waals surface area (Å²) in [7, 11) is 0. The number of carbonyl (C=O) groups excluding carboxylic acids is 1. The third-order valence-corrected chi connectivity index (χ3v) is 4.71. The van der Waals surface area contributed by atoms with Gasteiger partial charge in [-0.05, 0) is 31.2 Å². The number of hydrogen-bond donors (Lipinski definition) is 1. The van der Waals surface area contributed by atoms with Crippen LogP contribution in [-0.4, -0.2) is 77.9 Å². The van der Waals surface area contributed by atoms with Crippen LogP contribution in [0, 0.1) is 6.92 Å². The summed E-state index contributed by atoms with van der Waals surface area (Å²) in [4.78, 5) is 17.3. The van der Waals surface area contributed by atoms with Gasteiger partial charge in [0, 0.05) is 45.1 Å². The normalized spacial score (nSPS) is 15.2. The summed E-state index contributed by atoms with van der Waals surface area (Å²) in [5.74, 6) is -0.0419. The van der Waals surface area contributed by atoms with Gasteiger partial charge in [-0.1, -0.05) is 11.6 Å². The monoisotopic (exact) mass is 357 g/mol. The first-order chi connectivity index (χ1) is 12.7. The minimum atomic E-state index is -0.0421. The second-order valence-corrected chi connectivity index (χ2v) is 6.58. The molecular weight excluding hydrogens is 330 g/mol. The molecule has 1 aliphatic rings. The van der Waals surface area contributed by atoms with Gasteiger partial charge in [0.15, 0.2) is 0 Å². The Morgan fingerprint density at radius 2 is 1.92 bits per heavy atom. The van der Waals surface area contributed by atoms with Crippen molar-refractivity contribution in [2.45, 2.75) is 6.92 Å². The number of nitrogens with zero attached hydrogens (tertiary/aromatic N) is 3. The number of amides is 1. The number of aryl methyl sites for hydroxylation is 1. The lowest BCUT2D eigenvalue weighted by atomic mass is 10.1. The van der Waals surface area contributed by atoms with Gasteiger partial charge < -0.3 is 19.3 Å². The average Bonchev–Trinajstić information content (AvgIpc) is 3.20. The zero-order valence-electron chi connectivity index (χ0n) is 15.3. The number of benzene rings is 1. The lowest BCUT2D eigenvalue weighted by Gasteiger charge is -2.30.